The van der Waals surface area contributed by atoms with Crippen molar-refractivity contribution in [3.05, 3.63) is 0 Å². The monoisotopic (exact) mass is 1400 g/mol. The Hall–Kier alpha value is -1.94. The normalized spacial score (nSPS) is 14.0. The highest BCUT2D eigenvalue weighted by Crippen LogP contribution is 2.45. The summed E-state index contributed by atoms with van der Waals surface area (Å²) in [6.45, 7) is 9.50. The van der Waals surface area contributed by atoms with E-state index in [-0.39, 0.29) is 25.7 Å². The topological polar surface area (TPSA) is 237 Å². The Kier molecular flexibility index (Phi) is 66.5. The van der Waals surface area contributed by atoms with Gasteiger partial charge in [-0.3, -0.25) is 37.3 Å². The van der Waals surface area contributed by atoms with Crippen LogP contribution in [-0.4, -0.2) is 96.7 Å². The molecule has 3 N–H and O–H groups in total. The SMILES string of the molecule is CCCCCCCCCCCCCCCCCCCCCC(=O)O[C@H](COC(=O)CCCCCCCCCCCCCCCC)COP(=O)(O)OC[C@@H](O)COP(=O)(O)OC[C@@H](COC(=O)CCCCCCCCC(C)C)OC(=O)CCCCCCCCCCCCC(C)C. The van der Waals surface area contributed by atoms with Gasteiger partial charge in [0.2, 0.25) is 0 Å². The van der Waals surface area contributed by atoms with Crippen molar-refractivity contribution in [2.45, 2.75) is 413 Å². The van der Waals surface area contributed by atoms with Gasteiger partial charge in [-0.05, 0) is 37.5 Å². The molecule has 0 spiro atoms. The number of hydrogen-bond acceptors (Lipinski definition) is 15. The van der Waals surface area contributed by atoms with Gasteiger partial charge in [-0.2, -0.15) is 0 Å². The van der Waals surface area contributed by atoms with Crippen molar-refractivity contribution in [1.29, 1.82) is 0 Å². The summed E-state index contributed by atoms with van der Waals surface area (Å²) in [5.41, 5.74) is 0. The third-order valence-corrected chi connectivity index (χ3v) is 19.6. The largest absolute Gasteiger partial charge is 0.472 e. The Morgan fingerprint density at radius 3 is 0.716 bits per heavy atom. The lowest BCUT2D eigenvalue weighted by Gasteiger charge is -2.21. The number of hydrogen-bond donors (Lipinski definition) is 3. The Morgan fingerprint density at radius 2 is 0.484 bits per heavy atom. The van der Waals surface area contributed by atoms with Crippen LogP contribution in [0.1, 0.15) is 395 Å². The molecule has 0 aromatic heterocycles. The molecular formula is C76H148O17P2. The molecule has 0 aromatic carbocycles. The van der Waals surface area contributed by atoms with Crippen molar-refractivity contribution >= 4 is 39.5 Å². The van der Waals surface area contributed by atoms with E-state index in [1.165, 1.54) is 205 Å². The van der Waals surface area contributed by atoms with Crippen molar-refractivity contribution in [3.8, 4) is 0 Å². The van der Waals surface area contributed by atoms with E-state index in [9.17, 15) is 43.2 Å². The van der Waals surface area contributed by atoms with E-state index in [2.05, 4.69) is 41.5 Å². The molecule has 0 saturated carbocycles. The highest BCUT2D eigenvalue weighted by atomic mass is 31.2. The highest BCUT2D eigenvalue weighted by Gasteiger charge is 2.30. The molecule has 0 aliphatic rings. The van der Waals surface area contributed by atoms with Crippen LogP contribution in [0.4, 0.5) is 0 Å². The maximum atomic E-state index is 13.1. The maximum absolute atomic E-state index is 13.1. The van der Waals surface area contributed by atoms with Gasteiger partial charge < -0.3 is 33.8 Å². The minimum atomic E-state index is -4.96. The molecule has 19 heteroatoms. The van der Waals surface area contributed by atoms with E-state index in [0.29, 0.717) is 31.6 Å². The van der Waals surface area contributed by atoms with Gasteiger partial charge in [-0.1, -0.05) is 343 Å². The van der Waals surface area contributed by atoms with Crippen molar-refractivity contribution < 1.29 is 80.2 Å². The Labute approximate surface area is 581 Å². The number of phosphoric acid groups is 2. The summed E-state index contributed by atoms with van der Waals surface area (Å²) in [7, 11) is -9.91. The predicted molar refractivity (Wildman–Crippen MR) is 386 cm³/mol. The summed E-state index contributed by atoms with van der Waals surface area (Å²) in [5, 5.41) is 10.6. The van der Waals surface area contributed by atoms with Crippen LogP contribution in [0.5, 0.6) is 0 Å². The fraction of sp³-hybridized carbons (Fsp3) is 0.947. The average molecular weight is 1400 g/mol. The molecular weight excluding hydrogens is 1250 g/mol. The first-order valence-corrected chi connectivity index (χ1v) is 42.5. The first-order valence-electron chi connectivity index (χ1n) is 39.5. The summed E-state index contributed by atoms with van der Waals surface area (Å²) in [6, 6.07) is 0. The molecule has 0 amide bonds. The van der Waals surface area contributed by atoms with Gasteiger partial charge >= 0.3 is 39.5 Å². The number of aliphatic hydroxyl groups is 1. The molecule has 2 unspecified atom stereocenters. The molecule has 95 heavy (non-hydrogen) atoms. The van der Waals surface area contributed by atoms with Crippen LogP contribution < -0.4 is 0 Å². The van der Waals surface area contributed by atoms with Crippen LogP contribution in [0.2, 0.25) is 0 Å². The highest BCUT2D eigenvalue weighted by molar-refractivity contribution is 7.47. The Morgan fingerprint density at radius 1 is 0.284 bits per heavy atom. The lowest BCUT2D eigenvalue weighted by atomic mass is 10.0. The molecule has 0 fully saturated rings. The fourth-order valence-corrected chi connectivity index (χ4v) is 13.2. The average Bonchev–Trinajstić information content (AvgIpc) is 2.47. The van der Waals surface area contributed by atoms with Crippen molar-refractivity contribution in [1.82, 2.24) is 0 Å². The third-order valence-electron chi connectivity index (χ3n) is 17.7. The Balaban J connectivity index is 5.22. The minimum absolute atomic E-state index is 0.105. The van der Waals surface area contributed by atoms with E-state index in [4.69, 9.17) is 37.0 Å². The van der Waals surface area contributed by atoms with Crippen molar-refractivity contribution in [3.63, 3.8) is 0 Å². The lowest BCUT2D eigenvalue weighted by Crippen LogP contribution is -2.30. The second-order valence-electron chi connectivity index (χ2n) is 28.3. The molecule has 17 nitrogen and oxygen atoms in total. The summed E-state index contributed by atoms with van der Waals surface area (Å²) >= 11 is 0. The molecule has 0 rings (SSSR count). The summed E-state index contributed by atoms with van der Waals surface area (Å²) < 4.78 is 68.5. The van der Waals surface area contributed by atoms with Crippen LogP contribution in [0.25, 0.3) is 0 Å². The number of rotatable bonds is 75. The van der Waals surface area contributed by atoms with E-state index in [1.807, 2.05) is 0 Å². The maximum Gasteiger partial charge on any atom is 0.472 e. The van der Waals surface area contributed by atoms with Crippen LogP contribution in [0.15, 0.2) is 0 Å². The molecule has 564 valence electrons. The molecule has 0 aliphatic heterocycles. The number of ether oxygens (including phenoxy) is 4. The van der Waals surface area contributed by atoms with Crippen LogP contribution in [0, 0.1) is 11.8 Å². The van der Waals surface area contributed by atoms with Gasteiger partial charge in [0.25, 0.3) is 0 Å². The number of aliphatic hydroxyl groups excluding tert-OH is 1. The van der Waals surface area contributed by atoms with Crippen LogP contribution >= 0.6 is 15.6 Å². The second-order valence-corrected chi connectivity index (χ2v) is 31.3. The van der Waals surface area contributed by atoms with E-state index >= 15 is 0 Å². The number of carbonyl (C=O) groups is 4. The summed E-state index contributed by atoms with van der Waals surface area (Å²) in [5.74, 6) is -0.686. The standard InChI is InChI=1S/C76H148O17P2/c1-7-9-11-13-15-17-19-21-23-24-25-26-27-29-31-36-40-48-54-60-75(80)92-71(64-86-73(78)58-52-46-39-35-30-28-22-20-18-16-14-12-10-8-2)66-90-94(82,83)88-62-70(77)63-89-95(84,85)91-67-72(65-87-74(79)59-53-47-43-42-45-51-57-69(5)6)93-76(81)61-55-49-41-37-33-32-34-38-44-50-56-68(3)4/h68-72,77H,7-67H2,1-6H3,(H,82,83)(H,84,85)/t70-,71-,72-/m1/s1. The molecule has 0 bridgehead atoms. The molecule has 0 saturated heterocycles. The minimum Gasteiger partial charge on any atom is -0.462 e. The van der Waals surface area contributed by atoms with E-state index in [1.54, 1.807) is 0 Å². The van der Waals surface area contributed by atoms with Gasteiger partial charge in [0.05, 0.1) is 26.4 Å². The zero-order valence-electron chi connectivity index (χ0n) is 62.0. The van der Waals surface area contributed by atoms with Gasteiger partial charge in [0, 0.05) is 25.7 Å². The number of esters is 4. The van der Waals surface area contributed by atoms with Crippen LogP contribution in [0.3, 0.4) is 0 Å². The lowest BCUT2D eigenvalue weighted by molar-refractivity contribution is -0.161. The van der Waals surface area contributed by atoms with Gasteiger partial charge in [0.15, 0.2) is 12.2 Å². The smallest absolute Gasteiger partial charge is 0.462 e. The molecule has 0 heterocycles. The zero-order valence-corrected chi connectivity index (χ0v) is 63.8. The molecule has 5 atom stereocenters. The molecule has 0 radical (unpaired) electrons. The predicted octanol–water partition coefficient (Wildman–Crippen LogP) is 22.3. The number of carbonyl (C=O) groups excluding carboxylic acids is 4. The third kappa shape index (κ3) is 70.3. The molecule has 0 aliphatic carbocycles. The summed E-state index contributed by atoms with van der Waals surface area (Å²) in [4.78, 5) is 72.8. The van der Waals surface area contributed by atoms with Crippen molar-refractivity contribution in [2.75, 3.05) is 39.6 Å². The van der Waals surface area contributed by atoms with Crippen molar-refractivity contribution in [2.24, 2.45) is 11.8 Å². The Bertz CT molecular complexity index is 1840. The summed E-state index contributed by atoms with van der Waals surface area (Å²) in [6.07, 6.45) is 55.7. The first-order chi connectivity index (χ1) is 45.9. The van der Waals surface area contributed by atoms with Gasteiger partial charge in [0.1, 0.15) is 19.3 Å². The van der Waals surface area contributed by atoms with Crippen LogP contribution in [-0.2, 0) is 65.4 Å². The van der Waals surface area contributed by atoms with E-state index < -0.39 is 97.5 Å². The zero-order chi connectivity index (χ0) is 70.0. The fourth-order valence-electron chi connectivity index (χ4n) is 11.7. The van der Waals surface area contributed by atoms with Gasteiger partial charge in [-0.25, -0.2) is 9.13 Å². The number of unbranched alkanes of at least 4 members (excludes halogenated alkanes) is 45. The molecule has 0 aromatic rings. The van der Waals surface area contributed by atoms with Gasteiger partial charge in [-0.15, -0.1) is 0 Å². The second kappa shape index (κ2) is 67.9. The number of phosphoric ester groups is 2. The first kappa shape index (κ1) is 93.1. The quantitative estimate of drug-likeness (QED) is 0.0222. The van der Waals surface area contributed by atoms with E-state index in [0.717, 1.165) is 102 Å².